The van der Waals surface area contributed by atoms with Gasteiger partial charge in [0.15, 0.2) is 0 Å². The topological polar surface area (TPSA) is 42.4 Å². The lowest BCUT2D eigenvalue weighted by molar-refractivity contribution is 0.194. The van der Waals surface area contributed by atoms with E-state index in [0.29, 0.717) is 5.92 Å². The van der Waals surface area contributed by atoms with Crippen molar-refractivity contribution in [1.82, 2.24) is 4.98 Å². The number of hydrogen-bond donors (Lipinski definition) is 1. The average Bonchev–Trinajstić information content (AvgIpc) is 2.70. The second-order valence-corrected chi connectivity index (χ2v) is 4.35. The van der Waals surface area contributed by atoms with Crippen molar-refractivity contribution in [3.63, 3.8) is 0 Å². The van der Waals surface area contributed by atoms with Crippen molar-refractivity contribution < 1.29 is 9.84 Å². The van der Waals surface area contributed by atoms with E-state index in [2.05, 4.69) is 4.98 Å². The number of aromatic nitrogens is 1. The van der Waals surface area contributed by atoms with Gasteiger partial charge >= 0.3 is 0 Å². The molecule has 2 rings (SSSR count). The normalized spacial score (nSPS) is 22.4. The summed E-state index contributed by atoms with van der Waals surface area (Å²) in [6.07, 6.45) is 3.69. The molecule has 1 aliphatic heterocycles. The molecule has 4 heteroatoms. The van der Waals surface area contributed by atoms with Gasteiger partial charge in [-0.3, -0.25) is 0 Å². The Morgan fingerprint density at radius 3 is 3.31 bits per heavy atom. The van der Waals surface area contributed by atoms with Gasteiger partial charge in [0.05, 0.1) is 11.6 Å². The smallest absolute Gasteiger partial charge is 0.0982 e. The first-order chi connectivity index (χ1) is 6.40. The molecule has 3 nitrogen and oxygen atoms in total. The minimum Gasteiger partial charge on any atom is -0.396 e. The molecule has 1 atom stereocenters. The summed E-state index contributed by atoms with van der Waals surface area (Å²) in [6, 6.07) is 0. The molecular weight excluding hydrogens is 186 g/mol. The predicted octanol–water partition coefficient (Wildman–Crippen LogP) is 1.18. The second kappa shape index (κ2) is 4.17. The van der Waals surface area contributed by atoms with Gasteiger partial charge in [-0.15, -0.1) is 11.3 Å². The van der Waals surface area contributed by atoms with Crippen LogP contribution in [0.3, 0.4) is 0 Å². The van der Waals surface area contributed by atoms with Crippen LogP contribution in [0.1, 0.15) is 22.2 Å². The molecule has 1 saturated heterocycles. The summed E-state index contributed by atoms with van der Waals surface area (Å²) in [4.78, 5) is 5.51. The number of ether oxygens (including phenoxy) is 1. The third kappa shape index (κ3) is 2.07. The van der Waals surface area contributed by atoms with E-state index >= 15 is 0 Å². The van der Waals surface area contributed by atoms with Crippen LogP contribution in [-0.2, 0) is 11.2 Å². The first kappa shape index (κ1) is 9.12. The molecule has 2 heterocycles. The molecule has 1 fully saturated rings. The van der Waals surface area contributed by atoms with Crippen LogP contribution < -0.4 is 0 Å². The summed E-state index contributed by atoms with van der Waals surface area (Å²) >= 11 is 1.70. The van der Waals surface area contributed by atoms with E-state index in [4.69, 9.17) is 9.84 Å². The lowest BCUT2D eigenvalue weighted by Crippen LogP contribution is -1.95. The van der Waals surface area contributed by atoms with Crippen LogP contribution in [0.2, 0.25) is 0 Å². The lowest BCUT2D eigenvalue weighted by atomic mass is 10.1. The first-order valence-electron chi connectivity index (χ1n) is 4.53. The van der Waals surface area contributed by atoms with Gasteiger partial charge in [0.25, 0.3) is 0 Å². The number of hydrogen-bond acceptors (Lipinski definition) is 4. The lowest BCUT2D eigenvalue weighted by Gasteiger charge is -2.00. The van der Waals surface area contributed by atoms with Gasteiger partial charge in [-0.2, -0.15) is 0 Å². The molecule has 1 N–H and O–H groups in total. The SMILES string of the molecule is OCCc1cnc(C2CCOC2)s1. The zero-order valence-corrected chi connectivity index (χ0v) is 8.22. The monoisotopic (exact) mass is 199 g/mol. The summed E-state index contributed by atoms with van der Waals surface area (Å²) in [5.41, 5.74) is 0. The predicted molar refractivity (Wildman–Crippen MR) is 51.1 cm³/mol. The van der Waals surface area contributed by atoms with Crippen molar-refractivity contribution in [2.45, 2.75) is 18.8 Å². The highest BCUT2D eigenvalue weighted by molar-refractivity contribution is 7.11. The van der Waals surface area contributed by atoms with E-state index in [1.54, 1.807) is 11.3 Å². The van der Waals surface area contributed by atoms with Crippen LogP contribution in [0.4, 0.5) is 0 Å². The fourth-order valence-electron chi connectivity index (χ4n) is 1.47. The maximum Gasteiger partial charge on any atom is 0.0982 e. The molecule has 1 aromatic rings. The van der Waals surface area contributed by atoms with Crippen LogP contribution in [0, 0.1) is 0 Å². The van der Waals surface area contributed by atoms with Crippen molar-refractivity contribution in [1.29, 1.82) is 0 Å². The molecule has 0 aromatic carbocycles. The molecule has 72 valence electrons. The molecule has 0 saturated carbocycles. The highest BCUT2D eigenvalue weighted by atomic mass is 32.1. The summed E-state index contributed by atoms with van der Waals surface area (Å²) in [5.74, 6) is 0.498. The maximum absolute atomic E-state index is 8.75. The molecule has 0 radical (unpaired) electrons. The van der Waals surface area contributed by atoms with E-state index in [-0.39, 0.29) is 6.61 Å². The molecule has 1 aliphatic rings. The van der Waals surface area contributed by atoms with Gasteiger partial charge in [-0.1, -0.05) is 0 Å². The Labute approximate surface area is 81.4 Å². The van der Waals surface area contributed by atoms with Crippen LogP contribution >= 0.6 is 11.3 Å². The van der Waals surface area contributed by atoms with E-state index < -0.39 is 0 Å². The Balaban J connectivity index is 2.03. The molecule has 13 heavy (non-hydrogen) atoms. The molecule has 0 spiro atoms. The summed E-state index contributed by atoms with van der Waals surface area (Å²) in [5, 5.41) is 9.92. The minimum atomic E-state index is 0.211. The molecule has 0 aliphatic carbocycles. The zero-order chi connectivity index (χ0) is 9.10. The Morgan fingerprint density at radius 1 is 1.69 bits per heavy atom. The van der Waals surface area contributed by atoms with E-state index in [0.717, 1.165) is 26.1 Å². The molecule has 1 aromatic heterocycles. The Hall–Kier alpha value is -0.450. The highest BCUT2D eigenvalue weighted by Crippen LogP contribution is 2.28. The molecule has 1 unspecified atom stereocenters. The third-order valence-corrected chi connectivity index (χ3v) is 3.43. The van der Waals surface area contributed by atoms with Crippen molar-refractivity contribution in [2.75, 3.05) is 19.8 Å². The van der Waals surface area contributed by atoms with Crippen molar-refractivity contribution in [3.05, 3.63) is 16.1 Å². The largest absolute Gasteiger partial charge is 0.396 e. The van der Waals surface area contributed by atoms with Crippen LogP contribution in [0.25, 0.3) is 0 Å². The van der Waals surface area contributed by atoms with Gasteiger partial charge < -0.3 is 9.84 Å². The van der Waals surface area contributed by atoms with Crippen LogP contribution in [0.15, 0.2) is 6.20 Å². The first-order valence-corrected chi connectivity index (χ1v) is 5.35. The Bertz CT molecular complexity index is 268. The van der Waals surface area contributed by atoms with Gasteiger partial charge in [-0.25, -0.2) is 4.98 Å². The number of aliphatic hydroxyl groups is 1. The molecular formula is C9H13NO2S. The third-order valence-electron chi connectivity index (χ3n) is 2.21. The summed E-state index contributed by atoms with van der Waals surface area (Å²) in [6.45, 7) is 1.88. The molecule has 0 bridgehead atoms. The van der Waals surface area contributed by atoms with Gasteiger partial charge in [-0.05, 0) is 6.42 Å². The van der Waals surface area contributed by atoms with Gasteiger partial charge in [0.1, 0.15) is 0 Å². The van der Waals surface area contributed by atoms with Crippen molar-refractivity contribution >= 4 is 11.3 Å². The van der Waals surface area contributed by atoms with E-state index in [1.165, 1.54) is 9.88 Å². The Morgan fingerprint density at radius 2 is 2.62 bits per heavy atom. The highest BCUT2D eigenvalue weighted by Gasteiger charge is 2.20. The standard InChI is InChI=1S/C9H13NO2S/c11-3-1-8-5-10-9(13-8)7-2-4-12-6-7/h5,7,11H,1-4,6H2. The van der Waals surface area contributed by atoms with E-state index in [9.17, 15) is 0 Å². The zero-order valence-electron chi connectivity index (χ0n) is 7.40. The van der Waals surface area contributed by atoms with Crippen LogP contribution in [0.5, 0.6) is 0 Å². The summed E-state index contributed by atoms with van der Waals surface area (Å²) in [7, 11) is 0. The van der Waals surface area contributed by atoms with Crippen LogP contribution in [-0.4, -0.2) is 29.9 Å². The average molecular weight is 199 g/mol. The Kier molecular flexibility index (Phi) is 2.93. The van der Waals surface area contributed by atoms with E-state index in [1.807, 2.05) is 6.20 Å². The van der Waals surface area contributed by atoms with Crippen molar-refractivity contribution in [2.24, 2.45) is 0 Å². The number of thiazole rings is 1. The van der Waals surface area contributed by atoms with Crippen molar-refractivity contribution in [3.8, 4) is 0 Å². The fourth-order valence-corrected chi connectivity index (χ4v) is 2.49. The number of rotatable bonds is 3. The van der Waals surface area contributed by atoms with Gasteiger partial charge in [0, 0.05) is 36.6 Å². The maximum atomic E-state index is 8.75. The molecule has 0 amide bonds. The fraction of sp³-hybridized carbons (Fsp3) is 0.667. The number of nitrogens with zero attached hydrogens (tertiary/aromatic N) is 1. The number of aliphatic hydroxyl groups excluding tert-OH is 1. The van der Waals surface area contributed by atoms with Gasteiger partial charge in [0.2, 0.25) is 0 Å². The quantitative estimate of drug-likeness (QED) is 0.795. The minimum absolute atomic E-state index is 0.211. The second-order valence-electron chi connectivity index (χ2n) is 3.20. The summed E-state index contributed by atoms with van der Waals surface area (Å²) < 4.78 is 5.30.